The number of nitrogens with one attached hydrogen (secondary N) is 1. The van der Waals surface area contributed by atoms with Crippen LogP contribution in [0.1, 0.15) is 59.8 Å². The first kappa shape index (κ1) is 18.7. The Labute approximate surface area is 144 Å². The van der Waals surface area contributed by atoms with Gasteiger partial charge in [-0.05, 0) is 32.6 Å². The van der Waals surface area contributed by atoms with E-state index in [1.807, 2.05) is 13.8 Å². The topological polar surface area (TPSA) is 68.2 Å². The smallest absolute Gasteiger partial charge is 0.340 e. The molecule has 0 unspecified atom stereocenters. The highest BCUT2D eigenvalue weighted by atomic mass is 16.5. The lowest BCUT2D eigenvalue weighted by atomic mass is 9.71. The fourth-order valence-electron chi connectivity index (χ4n) is 3.94. The van der Waals surface area contributed by atoms with Crippen LogP contribution in [0.15, 0.2) is 22.5 Å². The summed E-state index contributed by atoms with van der Waals surface area (Å²) in [5.74, 6) is -0.603. The Balaban J connectivity index is 2.45. The van der Waals surface area contributed by atoms with Crippen LogP contribution in [0.25, 0.3) is 0 Å². The van der Waals surface area contributed by atoms with E-state index in [0.29, 0.717) is 24.4 Å². The Bertz CT molecular complexity index is 516. The number of rotatable bonds is 5. The van der Waals surface area contributed by atoms with Crippen LogP contribution in [0, 0.1) is 11.8 Å². The number of allylic oxidation sites excluding steroid dienone is 2. The summed E-state index contributed by atoms with van der Waals surface area (Å²) < 4.78 is 10.6. The maximum Gasteiger partial charge on any atom is 0.340 e. The van der Waals surface area contributed by atoms with E-state index < -0.39 is 0 Å². The minimum Gasteiger partial charge on any atom is -0.462 e. The van der Waals surface area contributed by atoms with Gasteiger partial charge in [0.25, 0.3) is 0 Å². The van der Waals surface area contributed by atoms with E-state index in [-0.39, 0.29) is 23.8 Å². The summed E-state index contributed by atoms with van der Waals surface area (Å²) in [5, 5.41) is 3.18. The molecule has 5 nitrogen and oxygen atoms in total. The molecule has 1 heterocycles. The molecule has 0 bridgehead atoms. The first-order valence-electron chi connectivity index (χ1n) is 9.04. The molecule has 1 aliphatic heterocycles. The number of hydrogen-bond donors (Lipinski definition) is 1. The molecule has 0 aromatic heterocycles. The second-order valence-corrected chi connectivity index (χ2v) is 6.52. The van der Waals surface area contributed by atoms with Crippen LogP contribution in [-0.2, 0) is 19.1 Å². The van der Waals surface area contributed by atoms with Crippen molar-refractivity contribution >= 4 is 11.9 Å². The summed E-state index contributed by atoms with van der Waals surface area (Å²) in [6.45, 7) is 8.01. The third kappa shape index (κ3) is 3.89. The van der Waals surface area contributed by atoms with Gasteiger partial charge < -0.3 is 9.47 Å². The van der Waals surface area contributed by atoms with Crippen LogP contribution in [0.3, 0.4) is 0 Å². The number of carbonyl (C=O) groups excluding carboxylic acids is 2. The van der Waals surface area contributed by atoms with Crippen molar-refractivity contribution in [1.29, 1.82) is 0 Å². The molecule has 0 amide bonds. The summed E-state index contributed by atoms with van der Waals surface area (Å²) in [4.78, 5) is 25.2. The average Bonchev–Trinajstić information content (AvgIpc) is 2.55. The van der Waals surface area contributed by atoms with E-state index in [9.17, 15) is 9.59 Å². The van der Waals surface area contributed by atoms with Gasteiger partial charge in [-0.25, -0.2) is 9.59 Å². The summed E-state index contributed by atoms with van der Waals surface area (Å²) in [5.41, 5.74) is 2.76. The average molecular weight is 335 g/mol. The van der Waals surface area contributed by atoms with Gasteiger partial charge in [0.05, 0.1) is 13.2 Å². The molecule has 0 atom stereocenters. The van der Waals surface area contributed by atoms with Crippen molar-refractivity contribution in [2.24, 2.45) is 11.8 Å². The lowest BCUT2D eigenvalue weighted by Crippen LogP contribution is -2.81. The molecule has 5 heteroatoms. The van der Waals surface area contributed by atoms with E-state index >= 15 is 0 Å². The van der Waals surface area contributed by atoms with Crippen LogP contribution in [0.2, 0.25) is 0 Å². The number of dihydropyridines is 1. The predicted octanol–water partition coefficient (Wildman–Crippen LogP) is 2.22. The Kier molecular flexibility index (Phi) is 6.60. The van der Waals surface area contributed by atoms with Crippen molar-refractivity contribution in [2.75, 3.05) is 13.2 Å². The molecule has 0 aromatic carbocycles. The molecule has 24 heavy (non-hydrogen) atoms. The van der Waals surface area contributed by atoms with E-state index in [2.05, 4.69) is 5.32 Å². The maximum atomic E-state index is 12.6. The quantitative estimate of drug-likeness (QED) is 0.782. The molecule has 2 rings (SSSR count). The highest BCUT2D eigenvalue weighted by molar-refractivity contribution is 5.97. The fraction of sp³-hybridized carbons (Fsp3) is 0.684. The summed E-state index contributed by atoms with van der Waals surface area (Å²) in [6.07, 6.45) is 5.54. The number of esters is 2. The minimum absolute atomic E-state index is 0.232. The lowest BCUT2D eigenvalue weighted by Gasteiger charge is -2.33. The second-order valence-electron chi connectivity index (χ2n) is 6.52. The van der Waals surface area contributed by atoms with E-state index in [0.717, 1.165) is 37.1 Å². The van der Waals surface area contributed by atoms with Crippen molar-refractivity contribution < 1.29 is 24.4 Å². The molecule has 0 spiro atoms. The van der Waals surface area contributed by atoms with Crippen molar-refractivity contribution in [2.45, 2.75) is 59.8 Å². The minimum atomic E-state index is -0.327. The summed E-state index contributed by atoms with van der Waals surface area (Å²) in [7, 11) is 0. The van der Waals surface area contributed by atoms with Crippen molar-refractivity contribution in [3.8, 4) is 0 Å². The molecule has 1 saturated carbocycles. The Morgan fingerprint density at radius 2 is 1.38 bits per heavy atom. The molecule has 133 valence electrons. The maximum absolute atomic E-state index is 12.6. The van der Waals surface area contributed by atoms with Crippen LogP contribution in [0.5, 0.6) is 0 Å². The van der Waals surface area contributed by atoms with Crippen LogP contribution in [-0.4, -0.2) is 25.2 Å². The van der Waals surface area contributed by atoms with Gasteiger partial charge in [-0.3, -0.25) is 0 Å². The van der Waals surface area contributed by atoms with Gasteiger partial charge in [-0.15, -0.1) is 5.32 Å². The van der Waals surface area contributed by atoms with Crippen LogP contribution >= 0.6 is 0 Å². The molecular formula is C19H29NO4+. The van der Waals surface area contributed by atoms with E-state index in [4.69, 9.17) is 9.47 Å². The monoisotopic (exact) mass is 335 g/mol. The summed E-state index contributed by atoms with van der Waals surface area (Å²) in [6, 6.07) is 0. The van der Waals surface area contributed by atoms with Gasteiger partial charge in [0.1, 0.15) is 11.1 Å². The van der Waals surface area contributed by atoms with E-state index in [1.54, 1.807) is 13.8 Å². The van der Waals surface area contributed by atoms with Gasteiger partial charge >= 0.3 is 11.9 Å². The molecular weight excluding hydrogens is 306 g/mol. The van der Waals surface area contributed by atoms with Crippen LogP contribution < -0.4 is 5.32 Å². The molecule has 1 radical (unpaired) electrons. The van der Waals surface area contributed by atoms with Gasteiger partial charge in [-0.2, -0.15) is 0 Å². The van der Waals surface area contributed by atoms with Gasteiger partial charge in [0.15, 0.2) is 11.4 Å². The largest absolute Gasteiger partial charge is 0.462 e. The van der Waals surface area contributed by atoms with Gasteiger partial charge in [0.2, 0.25) is 0 Å². The SMILES string of the molecule is CCOC(=O)C1=C(C)[NH+]C(C)=C(C(=O)OCC)C1C1CCCCC1. The van der Waals surface area contributed by atoms with Crippen molar-refractivity contribution in [3.63, 3.8) is 0 Å². The second kappa shape index (κ2) is 8.47. The standard InChI is InChI=1S/C19H29NO4/c1-5-23-18(21)15-12(3)20-13(4)16(19(22)24-6-2)17(15)14-10-8-7-9-11-14/h14,17,20H,5-11H2,1-4H3/q+1. The fourth-order valence-corrected chi connectivity index (χ4v) is 3.94. The highest BCUT2D eigenvalue weighted by Gasteiger charge is 2.45. The predicted molar refractivity (Wildman–Crippen MR) is 89.7 cm³/mol. The normalized spacial score (nSPS) is 20.3. The van der Waals surface area contributed by atoms with Crippen molar-refractivity contribution in [1.82, 2.24) is 0 Å². The van der Waals surface area contributed by atoms with Crippen LogP contribution in [0.4, 0.5) is 0 Å². The zero-order valence-electron chi connectivity index (χ0n) is 15.2. The Morgan fingerprint density at radius 1 is 0.917 bits per heavy atom. The number of carbonyl (C=O) groups is 2. The summed E-state index contributed by atoms with van der Waals surface area (Å²) >= 11 is 0. The molecule has 1 aliphatic carbocycles. The third-order valence-electron chi connectivity index (χ3n) is 4.92. The molecule has 2 aliphatic rings. The molecule has 0 saturated heterocycles. The first-order valence-corrected chi connectivity index (χ1v) is 9.04. The zero-order chi connectivity index (χ0) is 17.7. The van der Waals surface area contributed by atoms with Gasteiger partial charge in [-0.1, -0.05) is 19.3 Å². The number of ether oxygens (including phenoxy) is 2. The van der Waals surface area contributed by atoms with Gasteiger partial charge in [0, 0.05) is 19.8 Å². The van der Waals surface area contributed by atoms with E-state index in [1.165, 1.54) is 6.42 Å². The first-order chi connectivity index (χ1) is 11.5. The Hall–Kier alpha value is -1.62. The Morgan fingerprint density at radius 3 is 1.79 bits per heavy atom. The molecule has 1 fully saturated rings. The van der Waals surface area contributed by atoms with Crippen molar-refractivity contribution in [3.05, 3.63) is 22.5 Å². The molecule has 1 N–H and O–H groups in total. The highest BCUT2D eigenvalue weighted by Crippen LogP contribution is 2.41. The third-order valence-corrected chi connectivity index (χ3v) is 4.92. The number of hydrogen-bond acceptors (Lipinski definition) is 5. The lowest BCUT2D eigenvalue weighted by molar-refractivity contribution is -0.558. The molecule has 0 aromatic rings. The zero-order valence-corrected chi connectivity index (χ0v) is 15.2.